The topological polar surface area (TPSA) is 136 Å². The van der Waals surface area contributed by atoms with Crippen molar-refractivity contribution >= 4 is 62.2 Å². The quantitative estimate of drug-likeness (QED) is 0.210. The van der Waals surface area contributed by atoms with Gasteiger partial charge in [-0.15, -0.1) is 0 Å². The Bertz CT molecular complexity index is 1800. The zero-order valence-electron chi connectivity index (χ0n) is 18.2. The number of fused-ring (bicyclic) bond motifs is 4. The van der Waals surface area contributed by atoms with Crippen LogP contribution < -0.4 is 5.56 Å². The Hall–Kier alpha value is -2.48. The van der Waals surface area contributed by atoms with Crippen molar-refractivity contribution in [3.05, 3.63) is 63.7 Å². The van der Waals surface area contributed by atoms with Crippen LogP contribution in [0.2, 0.25) is 0 Å². The Labute approximate surface area is 215 Å². The molecule has 5 heterocycles. The lowest BCUT2D eigenvalue weighted by atomic mass is 10.1. The molecule has 11 nitrogen and oxygen atoms in total. The van der Waals surface area contributed by atoms with E-state index < -0.39 is 31.3 Å². The van der Waals surface area contributed by atoms with Crippen LogP contribution in [-0.2, 0) is 25.6 Å². The molecule has 5 aromatic rings. The molecule has 0 spiro atoms. The van der Waals surface area contributed by atoms with E-state index in [2.05, 4.69) is 30.9 Å². The van der Waals surface area contributed by atoms with Gasteiger partial charge < -0.3 is 24.2 Å². The van der Waals surface area contributed by atoms with Crippen LogP contribution in [-0.4, -0.2) is 58.8 Å². The number of imidazole rings is 2. The van der Waals surface area contributed by atoms with Crippen molar-refractivity contribution in [3.63, 3.8) is 0 Å². The van der Waals surface area contributed by atoms with E-state index in [0.29, 0.717) is 11.5 Å². The molecule has 14 heteroatoms. The molecule has 0 amide bonds. The van der Waals surface area contributed by atoms with Gasteiger partial charge in [-0.1, -0.05) is 36.4 Å². The molecule has 5 atom stereocenters. The fraction of sp³-hybridized carbons (Fsp3) is 0.227. The van der Waals surface area contributed by atoms with E-state index in [0.717, 1.165) is 16.3 Å². The molecule has 0 bridgehead atoms. The number of hydrogen-bond donors (Lipinski definition) is 3. The highest BCUT2D eigenvalue weighted by molar-refractivity contribution is 9.10. The van der Waals surface area contributed by atoms with Crippen molar-refractivity contribution < 1.29 is 23.8 Å². The fourth-order valence-corrected chi connectivity index (χ4v) is 6.77. The lowest BCUT2D eigenvalue weighted by Gasteiger charge is -2.30. The molecule has 0 saturated carbocycles. The lowest BCUT2D eigenvalue weighted by Crippen LogP contribution is -2.39. The maximum Gasteiger partial charge on any atom is 0.325 e. The summed E-state index contributed by atoms with van der Waals surface area (Å²) in [7, 11) is 0. The summed E-state index contributed by atoms with van der Waals surface area (Å²) in [6, 6.07) is 14.1. The first-order valence-corrected chi connectivity index (χ1v) is 14.3. The van der Waals surface area contributed by atoms with Crippen molar-refractivity contribution in [2.75, 3.05) is 6.61 Å². The highest BCUT2D eigenvalue weighted by Gasteiger charge is 2.51. The van der Waals surface area contributed by atoms with Gasteiger partial charge in [0.2, 0.25) is 5.78 Å². The van der Waals surface area contributed by atoms with Crippen molar-refractivity contribution in [1.82, 2.24) is 23.9 Å². The van der Waals surface area contributed by atoms with Crippen LogP contribution in [0, 0.1) is 0 Å². The number of aromatic nitrogens is 5. The maximum absolute atomic E-state index is 13.4. The summed E-state index contributed by atoms with van der Waals surface area (Å²) >= 11 is 8.28. The number of aliphatic hydroxyl groups is 1. The van der Waals surface area contributed by atoms with Gasteiger partial charge in [0.05, 0.1) is 12.3 Å². The summed E-state index contributed by atoms with van der Waals surface area (Å²) in [6.45, 7) is -3.48. The zero-order valence-corrected chi connectivity index (χ0v) is 21.5. The molecule has 3 N–H and O–H groups in total. The van der Waals surface area contributed by atoms with Gasteiger partial charge in [0.15, 0.2) is 22.1 Å². The van der Waals surface area contributed by atoms with Crippen molar-refractivity contribution in [3.8, 4) is 11.3 Å². The summed E-state index contributed by atoms with van der Waals surface area (Å²) in [5, 5.41) is 13.1. The number of aliphatic hydroxyl groups excluding tert-OH is 1. The molecule has 2 saturated heterocycles. The summed E-state index contributed by atoms with van der Waals surface area (Å²) in [5.74, 6) is 0.305. The number of halogens is 1. The minimum Gasteiger partial charge on any atom is -0.386 e. The molecule has 7 rings (SSSR count). The largest absolute Gasteiger partial charge is 0.386 e. The second-order valence-corrected chi connectivity index (χ2v) is 12.2. The molecule has 2 aliphatic heterocycles. The van der Waals surface area contributed by atoms with Crippen molar-refractivity contribution in [2.45, 2.75) is 24.5 Å². The Balaban J connectivity index is 1.34. The SMILES string of the molecule is O=c1c2nc(Br)n([C@@H]3OC4COP(O)(=S)O[C@H]4C3O)c2nc2[nH]c(-c3ccc4ccccc4c3)cn12. The van der Waals surface area contributed by atoms with Crippen LogP contribution in [0.15, 0.2) is 58.2 Å². The standard InChI is InChI=1S/C22H17BrN5O6PS/c23-21-25-15-18(28(21)20-16(29)17-14(33-20)9-32-35(31,36)34-17)26-22-24-13(8-27(22)19(15)30)12-6-5-10-3-1-2-4-11(10)7-12/h1-8,14,16-17,20,29H,9H2,(H,24,26)(H,31,36)/t14?,16?,17-,20-,35?/m1/s1. The van der Waals surface area contributed by atoms with Gasteiger partial charge in [0.25, 0.3) is 5.56 Å². The van der Waals surface area contributed by atoms with E-state index in [1.165, 1.54) is 8.97 Å². The number of aromatic amines is 1. The van der Waals surface area contributed by atoms with Crippen LogP contribution in [0.5, 0.6) is 0 Å². The average molecular weight is 590 g/mol. The summed E-state index contributed by atoms with van der Waals surface area (Å²) in [4.78, 5) is 35.6. The lowest BCUT2D eigenvalue weighted by molar-refractivity contribution is -0.0600. The minimum atomic E-state index is -3.46. The first-order valence-electron chi connectivity index (χ1n) is 11.0. The van der Waals surface area contributed by atoms with Crippen LogP contribution in [0.3, 0.4) is 0 Å². The van der Waals surface area contributed by atoms with E-state index in [9.17, 15) is 14.8 Å². The molecule has 2 fully saturated rings. The summed E-state index contributed by atoms with van der Waals surface area (Å²) in [5.41, 5.74) is 1.54. The van der Waals surface area contributed by atoms with Crippen molar-refractivity contribution in [2.24, 2.45) is 0 Å². The number of nitrogens with zero attached hydrogens (tertiary/aromatic N) is 4. The molecule has 2 aromatic carbocycles. The number of rotatable bonds is 2. The van der Waals surface area contributed by atoms with Crippen LogP contribution >= 0.6 is 22.6 Å². The average Bonchev–Trinajstić information content (AvgIpc) is 3.52. The van der Waals surface area contributed by atoms with E-state index in [4.69, 9.17) is 25.6 Å². The number of hydrogen-bond acceptors (Lipinski definition) is 8. The van der Waals surface area contributed by atoms with E-state index in [1.807, 2.05) is 42.5 Å². The molecule has 3 aromatic heterocycles. The summed E-state index contributed by atoms with van der Waals surface area (Å²) in [6.07, 6.45) is -2.07. The minimum absolute atomic E-state index is 0.0255. The number of nitrogens with one attached hydrogen (secondary N) is 1. The van der Waals surface area contributed by atoms with Gasteiger partial charge >= 0.3 is 6.72 Å². The van der Waals surface area contributed by atoms with E-state index in [1.54, 1.807) is 6.20 Å². The van der Waals surface area contributed by atoms with Crippen LogP contribution in [0.4, 0.5) is 0 Å². The second kappa shape index (κ2) is 8.01. The van der Waals surface area contributed by atoms with Gasteiger partial charge in [0, 0.05) is 11.8 Å². The molecule has 0 aliphatic carbocycles. The third kappa shape index (κ3) is 3.43. The normalized spacial score (nSPS) is 28.3. The zero-order chi connectivity index (χ0) is 24.8. The monoisotopic (exact) mass is 589 g/mol. The van der Waals surface area contributed by atoms with E-state index >= 15 is 0 Å². The van der Waals surface area contributed by atoms with Gasteiger partial charge in [0.1, 0.15) is 18.3 Å². The number of ether oxygens (including phenoxy) is 1. The Morgan fingerprint density at radius 2 is 2.00 bits per heavy atom. The third-order valence-electron chi connectivity index (χ3n) is 6.49. The Morgan fingerprint density at radius 1 is 1.19 bits per heavy atom. The van der Waals surface area contributed by atoms with E-state index in [-0.39, 0.29) is 28.1 Å². The molecule has 36 heavy (non-hydrogen) atoms. The van der Waals surface area contributed by atoms with Gasteiger partial charge in [-0.3, -0.25) is 13.9 Å². The highest BCUT2D eigenvalue weighted by atomic mass is 79.9. The predicted octanol–water partition coefficient (Wildman–Crippen LogP) is 2.85. The summed E-state index contributed by atoms with van der Waals surface area (Å²) < 4.78 is 19.7. The second-order valence-electron chi connectivity index (χ2n) is 8.65. The van der Waals surface area contributed by atoms with Gasteiger partial charge in [-0.05, 0) is 44.6 Å². The fourth-order valence-electron chi connectivity index (χ4n) is 4.78. The smallest absolute Gasteiger partial charge is 0.325 e. The number of H-pyrrole nitrogens is 1. The predicted molar refractivity (Wildman–Crippen MR) is 137 cm³/mol. The Kier molecular flexibility index (Phi) is 5.05. The first kappa shape index (κ1) is 22.7. The maximum atomic E-state index is 13.4. The molecule has 0 radical (unpaired) electrons. The van der Waals surface area contributed by atoms with Crippen LogP contribution in [0.1, 0.15) is 6.23 Å². The van der Waals surface area contributed by atoms with Crippen LogP contribution in [0.25, 0.3) is 39.0 Å². The molecule has 184 valence electrons. The highest BCUT2D eigenvalue weighted by Crippen LogP contribution is 2.53. The number of benzene rings is 2. The molecular formula is C22H17BrN5O6PS. The van der Waals surface area contributed by atoms with Gasteiger partial charge in [-0.2, -0.15) is 4.98 Å². The van der Waals surface area contributed by atoms with Crippen molar-refractivity contribution in [1.29, 1.82) is 0 Å². The molecule has 3 unspecified atom stereocenters. The molecule has 2 aliphatic rings. The third-order valence-corrected chi connectivity index (χ3v) is 8.61. The van der Waals surface area contributed by atoms with Gasteiger partial charge in [-0.25, -0.2) is 9.38 Å². The Morgan fingerprint density at radius 3 is 2.83 bits per heavy atom. The molecular weight excluding hydrogens is 573 g/mol. The first-order chi connectivity index (χ1) is 17.3.